The molecule has 35 heavy (non-hydrogen) atoms. The van der Waals surface area contributed by atoms with Crippen molar-refractivity contribution >= 4 is 0 Å². The Labute approximate surface area is 223 Å². The van der Waals surface area contributed by atoms with Gasteiger partial charge in [0.05, 0.1) is 0 Å². The van der Waals surface area contributed by atoms with Crippen LogP contribution in [0.3, 0.4) is 0 Å². The normalized spacial score (nSPS) is 11.8. The van der Waals surface area contributed by atoms with Crippen molar-refractivity contribution in [1.82, 2.24) is 10.1 Å². The van der Waals surface area contributed by atoms with Gasteiger partial charge in [0.1, 0.15) is 0 Å². The standard InChI is InChI=1S/C32H68N2O/c1-5-7-9-11-13-15-17-19-21-23-25-27-29-31-33(3)35-34(4)32-30-28-26-24-22-20-18-16-14-12-10-8-6-2/h5-32H2,1-4H3. The molecule has 3 heteroatoms. The number of hydrogen-bond donors (Lipinski definition) is 0. The second-order valence-corrected chi connectivity index (χ2v) is 11.3. The van der Waals surface area contributed by atoms with Gasteiger partial charge in [-0.15, -0.1) is 0 Å². The van der Waals surface area contributed by atoms with Crippen molar-refractivity contribution in [2.75, 3.05) is 27.2 Å². The van der Waals surface area contributed by atoms with Gasteiger partial charge < -0.3 is 0 Å². The third kappa shape index (κ3) is 30.0. The minimum atomic E-state index is 1.04. The largest absolute Gasteiger partial charge is 0.209 e. The molecular formula is C32H68N2O. The van der Waals surface area contributed by atoms with Crippen LogP contribution in [0.15, 0.2) is 0 Å². The second-order valence-electron chi connectivity index (χ2n) is 11.3. The average Bonchev–Trinajstić information content (AvgIpc) is 2.85. The van der Waals surface area contributed by atoms with Gasteiger partial charge in [0.25, 0.3) is 0 Å². The molecule has 0 unspecified atom stereocenters. The highest BCUT2D eigenvalue weighted by atomic mass is 16.8. The number of hydrogen-bond acceptors (Lipinski definition) is 3. The molecule has 3 nitrogen and oxygen atoms in total. The van der Waals surface area contributed by atoms with Crippen LogP contribution in [0.1, 0.15) is 181 Å². The fraction of sp³-hybridized carbons (Fsp3) is 1.00. The molecule has 0 saturated heterocycles. The number of unbranched alkanes of at least 4 members (excludes halogenated alkanes) is 24. The zero-order valence-corrected chi connectivity index (χ0v) is 25.1. The quantitative estimate of drug-likeness (QED) is 0.0726. The molecule has 0 aliphatic rings. The van der Waals surface area contributed by atoms with E-state index in [1.165, 1.54) is 167 Å². The summed E-state index contributed by atoms with van der Waals surface area (Å²) in [6, 6.07) is 0. The average molecular weight is 497 g/mol. The maximum absolute atomic E-state index is 5.93. The first-order chi connectivity index (χ1) is 17.2. The van der Waals surface area contributed by atoms with Crippen molar-refractivity contribution in [1.29, 1.82) is 0 Å². The van der Waals surface area contributed by atoms with Gasteiger partial charge in [0, 0.05) is 27.2 Å². The van der Waals surface area contributed by atoms with Crippen LogP contribution in [-0.2, 0) is 4.94 Å². The summed E-state index contributed by atoms with van der Waals surface area (Å²) in [7, 11) is 4.17. The van der Waals surface area contributed by atoms with Gasteiger partial charge in [0.15, 0.2) is 0 Å². The van der Waals surface area contributed by atoms with Crippen LogP contribution in [0.4, 0.5) is 0 Å². The minimum Gasteiger partial charge on any atom is -0.209 e. The predicted molar refractivity (Wildman–Crippen MR) is 158 cm³/mol. The highest BCUT2D eigenvalue weighted by Crippen LogP contribution is 2.14. The van der Waals surface area contributed by atoms with E-state index < -0.39 is 0 Å². The van der Waals surface area contributed by atoms with E-state index in [0.29, 0.717) is 0 Å². The van der Waals surface area contributed by atoms with Crippen LogP contribution in [0, 0.1) is 0 Å². The zero-order chi connectivity index (χ0) is 25.7. The maximum Gasteiger partial charge on any atom is 0.0256 e. The Morgan fingerprint density at radius 2 is 0.514 bits per heavy atom. The summed E-state index contributed by atoms with van der Waals surface area (Å²) in [5.41, 5.74) is 0. The zero-order valence-electron chi connectivity index (χ0n) is 25.1. The summed E-state index contributed by atoms with van der Waals surface area (Å²) >= 11 is 0. The van der Waals surface area contributed by atoms with Gasteiger partial charge in [-0.3, -0.25) is 0 Å². The first-order valence-electron chi connectivity index (χ1n) is 16.3. The van der Waals surface area contributed by atoms with Gasteiger partial charge in [0.2, 0.25) is 0 Å². The monoisotopic (exact) mass is 497 g/mol. The Balaban J connectivity index is 3.27. The Hall–Kier alpha value is -0.120. The van der Waals surface area contributed by atoms with Crippen molar-refractivity contribution in [2.24, 2.45) is 0 Å². The highest BCUT2D eigenvalue weighted by molar-refractivity contribution is 4.51. The molecule has 0 atom stereocenters. The van der Waals surface area contributed by atoms with Gasteiger partial charge in [-0.2, -0.15) is 10.1 Å². The Bertz CT molecular complexity index is 343. The number of hydroxylamine groups is 4. The molecular weight excluding hydrogens is 428 g/mol. The first kappa shape index (κ1) is 34.9. The maximum atomic E-state index is 5.93. The molecule has 0 bridgehead atoms. The van der Waals surface area contributed by atoms with Crippen molar-refractivity contribution < 1.29 is 4.94 Å². The van der Waals surface area contributed by atoms with E-state index >= 15 is 0 Å². The molecule has 0 aromatic carbocycles. The summed E-state index contributed by atoms with van der Waals surface area (Å²) in [5, 5.41) is 4.06. The van der Waals surface area contributed by atoms with Crippen LogP contribution in [0.25, 0.3) is 0 Å². The third-order valence-corrected chi connectivity index (χ3v) is 7.43. The molecule has 0 aromatic heterocycles. The summed E-state index contributed by atoms with van der Waals surface area (Å²) in [6.07, 6.45) is 36.7. The number of nitrogens with zero attached hydrogens (tertiary/aromatic N) is 2. The molecule has 0 fully saturated rings. The van der Waals surface area contributed by atoms with Crippen molar-refractivity contribution in [3.05, 3.63) is 0 Å². The molecule has 0 N–H and O–H groups in total. The van der Waals surface area contributed by atoms with E-state index in [2.05, 4.69) is 27.9 Å². The molecule has 0 aliphatic heterocycles. The van der Waals surface area contributed by atoms with Gasteiger partial charge >= 0.3 is 0 Å². The topological polar surface area (TPSA) is 15.7 Å². The lowest BCUT2D eigenvalue weighted by Crippen LogP contribution is -2.31. The van der Waals surface area contributed by atoms with Crippen molar-refractivity contribution in [3.8, 4) is 0 Å². The molecule has 0 rings (SSSR count). The van der Waals surface area contributed by atoms with Crippen LogP contribution < -0.4 is 0 Å². The van der Waals surface area contributed by atoms with Crippen molar-refractivity contribution in [2.45, 2.75) is 181 Å². The highest BCUT2D eigenvalue weighted by Gasteiger charge is 2.04. The molecule has 0 radical (unpaired) electrons. The first-order valence-corrected chi connectivity index (χ1v) is 16.3. The molecule has 0 spiro atoms. The lowest BCUT2D eigenvalue weighted by atomic mass is 10.0. The summed E-state index contributed by atoms with van der Waals surface area (Å²) in [5.74, 6) is 0. The van der Waals surface area contributed by atoms with Crippen LogP contribution in [-0.4, -0.2) is 37.3 Å². The van der Waals surface area contributed by atoms with E-state index in [1.807, 2.05) is 10.1 Å². The number of rotatable bonds is 30. The van der Waals surface area contributed by atoms with E-state index in [0.717, 1.165) is 13.1 Å². The Morgan fingerprint density at radius 1 is 0.314 bits per heavy atom. The molecule has 0 aromatic rings. The summed E-state index contributed by atoms with van der Waals surface area (Å²) in [4.78, 5) is 5.93. The Morgan fingerprint density at radius 3 is 0.743 bits per heavy atom. The van der Waals surface area contributed by atoms with Gasteiger partial charge in [-0.1, -0.05) is 168 Å². The SMILES string of the molecule is CCCCCCCCCCCCCCCN(C)ON(C)CCCCCCCCCCCCCCC. The lowest BCUT2D eigenvalue weighted by molar-refractivity contribution is -0.304. The smallest absolute Gasteiger partial charge is 0.0256 e. The van der Waals surface area contributed by atoms with Gasteiger partial charge in [-0.25, -0.2) is 4.94 Å². The molecule has 212 valence electrons. The van der Waals surface area contributed by atoms with Crippen LogP contribution in [0.5, 0.6) is 0 Å². The summed E-state index contributed by atoms with van der Waals surface area (Å²) in [6.45, 7) is 6.68. The van der Waals surface area contributed by atoms with E-state index in [-0.39, 0.29) is 0 Å². The third-order valence-electron chi connectivity index (χ3n) is 7.43. The predicted octanol–water partition coefficient (Wildman–Crippen LogP) is 10.9. The fourth-order valence-corrected chi connectivity index (χ4v) is 5.02. The second kappa shape index (κ2) is 30.1. The molecule has 0 aliphatic carbocycles. The van der Waals surface area contributed by atoms with E-state index in [4.69, 9.17) is 4.94 Å². The van der Waals surface area contributed by atoms with Crippen LogP contribution >= 0.6 is 0 Å². The van der Waals surface area contributed by atoms with Gasteiger partial charge in [-0.05, 0) is 12.8 Å². The molecule has 0 heterocycles. The molecule has 0 saturated carbocycles. The van der Waals surface area contributed by atoms with E-state index in [1.54, 1.807) is 0 Å². The lowest BCUT2D eigenvalue weighted by Gasteiger charge is -2.23. The van der Waals surface area contributed by atoms with E-state index in [9.17, 15) is 0 Å². The minimum absolute atomic E-state index is 1.04. The van der Waals surface area contributed by atoms with Crippen molar-refractivity contribution in [3.63, 3.8) is 0 Å². The fourth-order valence-electron chi connectivity index (χ4n) is 5.02. The summed E-state index contributed by atoms with van der Waals surface area (Å²) < 4.78 is 0. The Kier molecular flexibility index (Phi) is 30.0. The molecule has 0 amide bonds. The van der Waals surface area contributed by atoms with Crippen LogP contribution in [0.2, 0.25) is 0 Å².